The lowest BCUT2D eigenvalue weighted by molar-refractivity contribution is -0.142. The Balaban J connectivity index is 2.62. The SMILES string of the molecule is CCC1(C(=O)N[C@@H](C)C(=O)O)CCCN1. The molecule has 1 saturated heterocycles. The topological polar surface area (TPSA) is 78.4 Å². The molecule has 0 saturated carbocycles. The number of carbonyl (C=O) groups is 2. The van der Waals surface area contributed by atoms with Gasteiger partial charge in [0.1, 0.15) is 6.04 Å². The van der Waals surface area contributed by atoms with Crippen molar-refractivity contribution in [3.8, 4) is 0 Å². The average molecular weight is 214 g/mol. The molecule has 0 spiro atoms. The molecule has 5 nitrogen and oxygen atoms in total. The van der Waals surface area contributed by atoms with E-state index in [2.05, 4.69) is 10.6 Å². The number of carboxylic acids is 1. The number of hydrogen-bond acceptors (Lipinski definition) is 3. The summed E-state index contributed by atoms with van der Waals surface area (Å²) in [6.07, 6.45) is 2.43. The average Bonchev–Trinajstić information content (AvgIpc) is 2.66. The number of amides is 1. The number of rotatable bonds is 4. The van der Waals surface area contributed by atoms with Gasteiger partial charge in [-0.3, -0.25) is 9.59 Å². The van der Waals surface area contributed by atoms with Crippen molar-refractivity contribution in [3.63, 3.8) is 0 Å². The van der Waals surface area contributed by atoms with E-state index < -0.39 is 17.6 Å². The first-order chi connectivity index (χ1) is 7.02. The predicted molar refractivity (Wildman–Crippen MR) is 55.5 cm³/mol. The van der Waals surface area contributed by atoms with Gasteiger partial charge >= 0.3 is 5.97 Å². The molecule has 15 heavy (non-hydrogen) atoms. The van der Waals surface area contributed by atoms with Gasteiger partial charge in [0.15, 0.2) is 0 Å². The van der Waals surface area contributed by atoms with Crippen LogP contribution in [0.4, 0.5) is 0 Å². The summed E-state index contributed by atoms with van der Waals surface area (Å²) in [6, 6.07) is -0.830. The van der Waals surface area contributed by atoms with Crippen molar-refractivity contribution < 1.29 is 14.7 Å². The molecule has 1 aliphatic heterocycles. The first-order valence-electron chi connectivity index (χ1n) is 5.30. The third kappa shape index (κ3) is 2.47. The van der Waals surface area contributed by atoms with Crippen LogP contribution in [0.2, 0.25) is 0 Å². The number of carbonyl (C=O) groups excluding carboxylic acids is 1. The highest BCUT2D eigenvalue weighted by molar-refractivity contribution is 5.90. The Morgan fingerprint density at radius 3 is 2.67 bits per heavy atom. The minimum Gasteiger partial charge on any atom is -0.480 e. The summed E-state index contributed by atoms with van der Waals surface area (Å²) >= 11 is 0. The molecule has 86 valence electrons. The zero-order chi connectivity index (χ0) is 11.5. The maximum atomic E-state index is 11.9. The van der Waals surface area contributed by atoms with Crippen LogP contribution in [-0.4, -0.2) is 35.1 Å². The van der Waals surface area contributed by atoms with Gasteiger partial charge in [0.2, 0.25) is 5.91 Å². The number of aliphatic carboxylic acids is 1. The Hall–Kier alpha value is -1.10. The summed E-state index contributed by atoms with van der Waals surface area (Å²) in [5.41, 5.74) is -0.552. The second kappa shape index (κ2) is 4.61. The van der Waals surface area contributed by atoms with E-state index in [1.165, 1.54) is 6.92 Å². The lowest BCUT2D eigenvalue weighted by atomic mass is 9.93. The monoisotopic (exact) mass is 214 g/mol. The van der Waals surface area contributed by atoms with Crippen LogP contribution >= 0.6 is 0 Å². The second-order valence-corrected chi connectivity index (χ2v) is 4.00. The Kier molecular flexibility index (Phi) is 3.68. The summed E-state index contributed by atoms with van der Waals surface area (Å²) in [5.74, 6) is -1.20. The molecule has 1 fully saturated rings. The Morgan fingerprint density at radius 2 is 2.27 bits per heavy atom. The molecule has 0 aromatic rings. The molecule has 1 amide bonds. The van der Waals surface area contributed by atoms with E-state index >= 15 is 0 Å². The molecule has 1 rings (SSSR count). The standard InChI is InChI=1S/C10H18N2O3/c1-3-10(5-4-6-11-10)9(15)12-7(2)8(13)14/h7,11H,3-6H2,1-2H3,(H,12,15)(H,13,14)/t7-,10?/m0/s1. The van der Waals surface area contributed by atoms with Crippen LogP contribution in [0.25, 0.3) is 0 Å². The van der Waals surface area contributed by atoms with Gasteiger partial charge in [-0.1, -0.05) is 6.92 Å². The highest BCUT2D eigenvalue weighted by atomic mass is 16.4. The van der Waals surface area contributed by atoms with Crippen LogP contribution in [0.3, 0.4) is 0 Å². The summed E-state index contributed by atoms with van der Waals surface area (Å²) < 4.78 is 0. The Labute approximate surface area is 89.2 Å². The number of nitrogens with one attached hydrogen (secondary N) is 2. The van der Waals surface area contributed by atoms with Gasteiger partial charge in [-0.2, -0.15) is 0 Å². The van der Waals surface area contributed by atoms with Crippen molar-refractivity contribution >= 4 is 11.9 Å². The van der Waals surface area contributed by atoms with E-state index in [1.807, 2.05) is 6.92 Å². The summed E-state index contributed by atoms with van der Waals surface area (Å²) in [4.78, 5) is 22.5. The van der Waals surface area contributed by atoms with Gasteiger partial charge in [0.05, 0.1) is 5.54 Å². The lowest BCUT2D eigenvalue weighted by Crippen LogP contribution is -2.56. The third-order valence-electron chi connectivity index (χ3n) is 3.00. The third-order valence-corrected chi connectivity index (χ3v) is 3.00. The largest absolute Gasteiger partial charge is 0.480 e. The van der Waals surface area contributed by atoms with Crippen LogP contribution in [0.5, 0.6) is 0 Å². The minimum atomic E-state index is -1.01. The van der Waals surface area contributed by atoms with E-state index in [-0.39, 0.29) is 5.91 Å². The number of carboxylic acid groups (broad SMARTS) is 1. The maximum absolute atomic E-state index is 11.9. The molecule has 0 bridgehead atoms. The first kappa shape index (κ1) is 12.0. The summed E-state index contributed by atoms with van der Waals surface area (Å²) in [7, 11) is 0. The molecule has 0 aliphatic carbocycles. The predicted octanol–water partition coefficient (Wildman–Crippen LogP) is 0.108. The number of hydrogen-bond donors (Lipinski definition) is 3. The smallest absolute Gasteiger partial charge is 0.325 e. The Morgan fingerprint density at radius 1 is 1.60 bits per heavy atom. The van der Waals surface area contributed by atoms with Gasteiger partial charge in [0.25, 0.3) is 0 Å². The zero-order valence-corrected chi connectivity index (χ0v) is 9.17. The molecule has 5 heteroatoms. The summed E-state index contributed by atoms with van der Waals surface area (Å²) in [5, 5.41) is 14.4. The van der Waals surface area contributed by atoms with Crippen LogP contribution in [0.15, 0.2) is 0 Å². The molecule has 1 aliphatic rings. The zero-order valence-electron chi connectivity index (χ0n) is 9.17. The van der Waals surface area contributed by atoms with Crippen LogP contribution in [-0.2, 0) is 9.59 Å². The lowest BCUT2D eigenvalue weighted by Gasteiger charge is -2.27. The fraction of sp³-hybridized carbons (Fsp3) is 0.800. The molecule has 3 N–H and O–H groups in total. The van der Waals surface area contributed by atoms with Gasteiger partial charge < -0.3 is 15.7 Å². The molecular weight excluding hydrogens is 196 g/mol. The van der Waals surface area contributed by atoms with Crippen LogP contribution in [0, 0.1) is 0 Å². The summed E-state index contributed by atoms with van der Waals surface area (Å²) in [6.45, 7) is 4.23. The van der Waals surface area contributed by atoms with E-state index in [1.54, 1.807) is 0 Å². The van der Waals surface area contributed by atoms with Gasteiger partial charge in [0, 0.05) is 0 Å². The second-order valence-electron chi connectivity index (χ2n) is 4.00. The molecule has 1 heterocycles. The van der Waals surface area contributed by atoms with Gasteiger partial charge in [-0.25, -0.2) is 0 Å². The molecule has 0 aromatic carbocycles. The highest BCUT2D eigenvalue weighted by Crippen LogP contribution is 2.23. The van der Waals surface area contributed by atoms with Crippen molar-refractivity contribution in [2.75, 3.05) is 6.54 Å². The maximum Gasteiger partial charge on any atom is 0.325 e. The molecule has 0 aromatic heterocycles. The van der Waals surface area contributed by atoms with Crippen LogP contribution < -0.4 is 10.6 Å². The van der Waals surface area contributed by atoms with Crippen LogP contribution in [0.1, 0.15) is 33.1 Å². The Bertz CT molecular complexity index is 259. The van der Waals surface area contributed by atoms with Crippen molar-refractivity contribution in [1.82, 2.24) is 10.6 Å². The van der Waals surface area contributed by atoms with E-state index in [0.29, 0.717) is 6.42 Å². The van der Waals surface area contributed by atoms with Crippen molar-refractivity contribution in [3.05, 3.63) is 0 Å². The quantitative estimate of drug-likeness (QED) is 0.620. The fourth-order valence-electron chi connectivity index (χ4n) is 1.86. The van der Waals surface area contributed by atoms with E-state index in [9.17, 15) is 9.59 Å². The molecular formula is C10H18N2O3. The minimum absolute atomic E-state index is 0.197. The van der Waals surface area contributed by atoms with Crippen molar-refractivity contribution in [2.45, 2.75) is 44.7 Å². The fourth-order valence-corrected chi connectivity index (χ4v) is 1.86. The van der Waals surface area contributed by atoms with E-state index in [0.717, 1.165) is 19.4 Å². The normalized spacial score (nSPS) is 27.3. The molecule has 0 radical (unpaired) electrons. The van der Waals surface area contributed by atoms with Crippen molar-refractivity contribution in [1.29, 1.82) is 0 Å². The van der Waals surface area contributed by atoms with E-state index in [4.69, 9.17) is 5.11 Å². The highest BCUT2D eigenvalue weighted by Gasteiger charge is 2.39. The molecule has 1 unspecified atom stereocenters. The molecule has 2 atom stereocenters. The first-order valence-corrected chi connectivity index (χ1v) is 5.30. The van der Waals surface area contributed by atoms with Crippen molar-refractivity contribution in [2.24, 2.45) is 0 Å². The van der Waals surface area contributed by atoms with Gasteiger partial charge in [-0.05, 0) is 32.7 Å². The van der Waals surface area contributed by atoms with Gasteiger partial charge in [-0.15, -0.1) is 0 Å².